The summed E-state index contributed by atoms with van der Waals surface area (Å²) in [5.74, 6) is 0.420. The molecule has 0 saturated heterocycles. The van der Waals surface area contributed by atoms with Crippen LogP contribution in [0.1, 0.15) is 35.3 Å². The predicted molar refractivity (Wildman–Crippen MR) is 95.1 cm³/mol. The predicted octanol–water partition coefficient (Wildman–Crippen LogP) is 2.88. The highest BCUT2D eigenvalue weighted by Crippen LogP contribution is 2.15. The van der Waals surface area contributed by atoms with Crippen LogP contribution in [0.3, 0.4) is 0 Å². The Morgan fingerprint density at radius 3 is 2.72 bits per heavy atom. The van der Waals surface area contributed by atoms with Crippen LogP contribution >= 0.6 is 0 Å². The minimum atomic E-state index is -0.180. The average Bonchev–Trinajstić information content (AvgIpc) is 2.65. The summed E-state index contributed by atoms with van der Waals surface area (Å²) < 4.78 is 5.69. The monoisotopic (exact) mass is 338 g/mol. The normalized spacial score (nSPS) is 12.7. The number of aliphatic hydroxyl groups excluding tert-OH is 1. The molecule has 0 spiro atoms. The molecule has 0 fully saturated rings. The van der Waals surface area contributed by atoms with Crippen LogP contribution in [0.2, 0.25) is 0 Å². The van der Waals surface area contributed by atoms with Crippen LogP contribution in [0.4, 0.5) is 0 Å². The molecule has 1 amide bonds. The first-order valence-corrected chi connectivity index (χ1v) is 8.17. The van der Waals surface area contributed by atoms with Gasteiger partial charge in [-0.05, 0) is 48.7 Å². The zero-order chi connectivity index (χ0) is 18.2. The van der Waals surface area contributed by atoms with E-state index in [9.17, 15) is 4.79 Å². The molecule has 2 N–H and O–H groups in total. The number of nitrogens with one attached hydrogen (secondary N) is 1. The molecule has 25 heavy (non-hydrogen) atoms. The Hall–Kier alpha value is -2.84. The van der Waals surface area contributed by atoms with E-state index in [-0.39, 0.29) is 24.5 Å². The molecule has 5 nitrogen and oxygen atoms in total. The summed E-state index contributed by atoms with van der Waals surface area (Å²) in [6.07, 6.45) is 0. The van der Waals surface area contributed by atoms with Gasteiger partial charge < -0.3 is 15.2 Å². The van der Waals surface area contributed by atoms with Crippen LogP contribution in [-0.2, 0) is 6.61 Å². The third-order valence-corrected chi connectivity index (χ3v) is 4.06. The molecular weight excluding hydrogens is 316 g/mol. The van der Waals surface area contributed by atoms with Gasteiger partial charge in [0.15, 0.2) is 0 Å². The van der Waals surface area contributed by atoms with Gasteiger partial charge in [0.05, 0.1) is 11.6 Å². The van der Waals surface area contributed by atoms with Crippen molar-refractivity contribution in [3.05, 3.63) is 65.2 Å². The van der Waals surface area contributed by atoms with E-state index >= 15 is 0 Å². The molecule has 2 unspecified atom stereocenters. The fourth-order valence-electron chi connectivity index (χ4n) is 2.21. The highest BCUT2D eigenvalue weighted by molar-refractivity contribution is 5.94. The molecule has 2 aromatic rings. The third kappa shape index (κ3) is 5.33. The number of nitriles is 1. The van der Waals surface area contributed by atoms with Crippen LogP contribution < -0.4 is 10.1 Å². The van der Waals surface area contributed by atoms with Crippen LogP contribution in [-0.4, -0.2) is 23.7 Å². The Kier molecular flexibility index (Phi) is 6.55. The van der Waals surface area contributed by atoms with Crippen LogP contribution in [0.15, 0.2) is 48.5 Å². The van der Waals surface area contributed by atoms with E-state index in [1.54, 1.807) is 42.5 Å². The summed E-state index contributed by atoms with van der Waals surface area (Å²) in [7, 11) is 0. The number of nitrogens with zero attached hydrogens (tertiary/aromatic N) is 1. The van der Waals surface area contributed by atoms with E-state index in [0.717, 1.165) is 5.56 Å². The molecule has 130 valence electrons. The van der Waals surface area contributed by atoms with Gasteiger partial charge in [-0.15, -0.1) is 0 Å². The molecule has 0 heterocycles. The molecule has 2 aromatic carbocycles. The lowest BCUT2D eigenvalue weighted by molar-refractivity contribution is 0.0916. The largest absolute Gasteiger partial charge is 0.489 e. The second-order valence-electron chi connectivity index (χ2n) is 6.05. The van der Waals surface area contributed by atoms with Crippen molar-refractivity contribution in [1.29, 1.82) is 5.26 Å². The van der Waals surface area contributed by atoms with Crippen molar-refractivity contribution < 1.29 is 14.6 Å². The number of carbonyl (C=O) groups is 1. The summed E-state index contributed by atoms with van der Waals surface area (Å²) >= 11 is 0. The zero-order valence-electron chi connectivity index (χ0n) is 14.4. The maximum atomic E-state index is 12.3. The van der Waals surface area contributed by atoms with E-state index in [1.165, 1.54) is 0 Å². The molecule has 0 bridgehead atoms. The molecule has 0 saturated carbocycles. The first kappa shape index (κ1) is 18.5. The van der Waals surface area contributed by atoms with Crippen molar-refractivity contribution >= 4 is 5.91 Å². The number of benzene rings is 2. The van der Waals surface area contributed by atoms with Crippen molar-refractivity contribution in [2.45, 2.75) is 26.5 Å². The zero-order valence-corrected chi connectivity index (χ0v) is 14.4. The second kappa shape index (κ2) is 8.86. The average molecular weight is 338 g/mol. The van der Waals surface area contributed by atoms with Crippen LogP contribution in [0.5, 0.6) is 5.75 Å². The fraction of sp³-hybridized carbons (Fsp3) is 0.300. The van der Waals surface area contributed by atoms with E-state index in [0.29, 0.717) is 23.5 Å². The molecular formula is C20H22N2O3. The minimum Gasteiger partial charge on any atom is -0.489 e. The summed E-state index contributed by atoms with van der Waals surface area (Å²) in [4.78, 5) is 12.3. The standard InChI is InChI=1S/C20H22N2O3/c1-14(12-23)15(2)22-20(24)18-7-3-6-17(9-18)13-25-19-8-4-5-16(10-19)11-21/h3-10,14-15,23H,12-13H2,1-2H3,(H,22,24). The number of amides is 1. The highest BCUT2D eigenvalue weighted by atomic mass is 16.5. The lowest BCUT2D eigenvalue weighted by Gasteiger charge is -2.19. The third-order valence-electron chi connectivity index (χ3n) is 4.06. The summed E-state index contributed by atoms with van der Waals surface area (Å²) in [6, 6.07) is 16.1. The maximum Gasteiger partial charge on any atom is 0.251 e. The van der Waals surface area contributed by atoms with Crippen LogP contribution in [0, 0.1) is 17.2 Å². The van der Waals surface area contributed by atoms with E-state index in [1.807, 2.05) is 19.9 Å². The van der Waals surface area contributed by atoms with E-state index in [2.05, 4.69) is 11.4 Å². The van der Waals surface area contributed by atoms with Gasteiger partial charge >= 0.3 is 0 Å². The highest BCUT2D eigenvalue weighted by Gasteiger charge is 2.15. The first-order chi connectivity index (χ1) is 12.0. The topological polar surface area (TPSA) is 82.3 Å². The van der Waals surface area contributed by atoms with Gasteiger partial charge in [-0.3, -0.25) is 4.79 Å². The molecule has 0 aliphatic rings. The lowest BCUT2D eigenvalue weighted by Crippen LogP contribution is -2.38. The van der Waals surface area contributed by atoms with Gasteiger partial charge in [-0.2, -0.15) is 5.26 Å². The van der Waals surface area contributed by atoms with E-state index < -0.39 is 0 Å². The maximum absolute atomic E-state index is 12.3. The number of rotatable bonds is 7. The molecule has 2 rings (SSSR count). The smallest absolute Gasteiger partial charge is 0.251 e. The Morgan fingerprint density at radius 2 is 2.00 bits per heavy atom. The quantitative estimate of drug-likeness (QED) is 0.813. The Balaban J connectivity index is 2.00. The van der Waals surface area contributed by atoms with Gasteiger partial charge in [-0.1, -0.05) is 25.1 Å². The Labute approximate surface area is 147 Å². The summed E-state index contributed by atoms with van der Waals surface area (Å²) in [5, 5.41) is 21.0. The summed E-state index contributed by atoms with van der Waals surface area (Å²) in [5.41, 5.74) is 1.94. The van der Waals surface area contributed by atoms with Gasteiger partial charge in [0.25, 0.3) is 5.91 Å². The molecule has 5 heteroatoms. The first-order valence-electron chi connectivity index (χ1n) is 8.17. The van der Waals surface area contributed by atoms with Gasteiger partial charge in [0, 0.05) is 18.2 Å². The summed E-state index contributed by atoms with van der Waals surface area (Å²) in [6.45, 7) is 4.08. The van der Waals surface area contributed by atoms with E-state index in [4.69, 9.17) is 15.1 Å². The number of ether oxygens (including phenoxy) is 1. The Bertz CT molecular complexity index is 768. The van der Waals surface area contributed by atoms with Gasteiger partial charge in [0.1, 0.15) is 12.4 Å². The number of hydrogen-bond donors (Lipinski definition) is 2. The van der Waals surface area contributed by atoms with Crippen LogP contribution in [0.25, 0.3) is 0 Å². The molecule has 0 aromatic heterocycles. The number of aliphatic hydroxyl groups is 1. The minimum absolute atomic E-state index is 0.0112. The van der Waals surface area contributed by atoms with Crippen molar-refractivity contribution in [3.8, 4) is 11.8 Å². The molecule has 0 aliphatic carbocycles. The lowest BCUT2D eigenvalue weighted by atomic mass is 10.0. The van der Waals surface area contributed by atoms with Crippen molar-refractivity contribution in [3.63, 3.8) is 0 Å². The number of carbonyl (C=O) groups excluding carboxylic acids is 1. The second-order valence-corrected chi connectivity index (χ2v) is 6.05. The van der Waals surface area contributed by atoms with Crippen molar-refractivity contribution in [2.24, 2.45) is 5.92 Å². The number of hydrogen-bond acceptors (Lipinski definition) is 4. The van der Waals surface area contributed by atoms with Crippen molar-refractivity contribution in [1.82, 2.24) is 5.32 Å². The SMILES string of the molecule is CC(CO)C(C)NC(=O)c1cccc(COc2cccc(C#N)c2)c1. The van der Waals surface area contributed by atoms with Gasteiger partial charge in [-0.25, -0.2) is 0 Å². The molecule has 0 radical (unpaired) electrons. The fourth-order valence-corrected chi connectivity index (χ4v) is 2.21. The van der Waals surface area contributed by atoms with Crippen molar-refractivity contribution in [2.75, 3.05) is 6.61 Å². The molecule has 2 atom stereocenters. The van der Waals surface area contributed by atoms with Gasteiger partial charge in [0.2, 0.25) is 0 Å². The molecule has 0 aliphatic heterocycles. The Morgan fingerprint density at radius 1 is 1.24 bits per heavy atom.